The lowest BCUT2D eigenvalue weighted by Gasteiger charge is -2.41. The Morgan fingerprint density at radius 1 is 1.18 bits per heavy atom. The molecule has 0 unspecified atom stereocenters. The molecule has 0 atom stereocenters. The lowest BCUT2D eigenvalue weighted by atomic mass is 9.93. The van der Waals surface area contributed by atoms with E-state index in [0.717, 1.165) is 4.88 Å². The van der Waals surface area contributed by atoms with Crippen LogP contribution < -0.4 is 20.7 Å². The highest BCUT2D eigenvalue weighted by Crippen LogP contribution is 2.38. The third-order valence-corrected chi connectivity index (χ3v) is 8.36. The number of piperazine rings is 1. The minimum absolute atomic E-state index is 0.237. The molecule has 0 bridgehead atoms. The number of aromatic nitrogens is 1. The van der Waals surface area contributed by atoms with Gasteiger partial charge in [-0.3, -0.25) is 14.9 Å². The van der Waals surface area contributed by atoms with Crippen LogP contribution in [0.5, 0.6) is 5.88 Å². The van der Waals surface area contributed by atoms with Gasteiger partial charge in [-0.25, -0.2) is 14.2 Å². The van der Waals surface area contributed by atoms with Gasteiger partial charge < -0.3 is 20.3 Å². The molecular weight excluding hydrogens is 533 g/mol. The van der Waals surface area contributed by atoms with Gasteiger partial charge in [-0.05, 0) is 61.6 Å². The van der Waals surface area contributed by atoms with Crippen LogP contribution in [0.3, 0.4) is 0 Å². The minimum atomic E-state index is -1.05. The maximum Gasteiger partial charge on any atom is 0.324 e. The first-order chi connectivity index (χ1) is 18.7. The lowest BCUT2D eigenvalue weighted by Crippen LogP contribution is -2.63. The third kappa shape index (κ3) is 5.79. The first-order valence-electron chi connectivity index (χ1n) is 12.9. The molecule has 1 saturated heterocycles. The molecule has 0 spiro atoms. The summed E-state index contributed by atoms with van der Waals surface area (Å²) in [7, 11) is 1.51. The van der Waals surface area contributed by atoms with Gasteiger partial charge in [0.1, 0.15) is 16.4 Å². The van der Waals surface area contributed by atoms with E-state index < -0.39 is 17.4 Å². The first kappa shape index (κ1) is 29.0. The number of pyridine rings is 1. The molecule has 3 heterocycles. The van der Waals surface area contributed by atoms with Crippen molar-refractivity contribution in [1.82, 2.24) is 15.2 Å². The number of hydrogen-bond acceptors (Lipinski definition) is 6. The van der Waals surface area contributed by atoms with E-state index in [1.807, 2.05) is 20.8 Å². The molecule has 11 heteroatoms. The van der Waals surface area contributed by atoms with Gasteiger partial charge in [0, 0.05) is 41.5 Å². The van der Waals surface area contributed by atoms with E-state index in [-0.39, 0.29) is 22.9 Å². The molecule has 1 aliphatic heterocycles. The van der Waals surface area contributed by atoms with Crippen molar-refractivity contribution >= 4 is 39.9 Å². The average molecular weight is 568 g/mol. The van der Waals surface area contributed by atoms with Gasteiger partial charge in [0.2, 0.25) is 11.8 Å². The topological polar surface area (TPSA) is 113 Å². The van der Waals surface area contributed by atoms with Gasteiger partial charge in [0.25, 0.3) is 5.91 Å². The Labute approximate surface area is 237 Å². The third-order valence-electron chi connectivity index (χ3n) is 6.88. The van der Waals surface area contributed by atoms with Crippen LogP contribution in [0.15, 0.2) is 36.5 Å². The Balaban J connectivity index is 1.62. The Morgan fingerprint density at radius 3 is 2.52 bits per heavy atom. The van der Waals surface area contributed by atoms with Gasteiger partial charge in [-0.15, -0.1) is 11.3 Å². The molecule has 2 aromatic heterocycles. The number of methoxy groups -OCH3 is 1. The van der Waals surface area contributed by atoms with E-state index in [0.29, 0.717) is 46.2 Å². The van der Waals surface area contributed by atoms with Crippen LogP contribution in [0, 0.1) is 12.7 Å². The molecule has 0 saturated carbocycles. The normalized spacial score (nSPS) is 14.9. The van der Waals surface area contributed by atoms with Crippen LogP contribution in [-0.4, -0.2) is 53.5 Å². The van der Waals surface area contributed by atoms with Crippen LogP contribution in [0.1, 0.15) is 55.4 Å². The van der Waals surface area contributed by atoms with Crippen molar-refractivity contribution in [1.29, 1.82) is 0 Å². The Bertz CT molecular complexity index is 1460. The Morgan fingerprint density at radius 2 is 1.90 bits per heavy atom. The molecule has 4 rings (SSSR count). The molecule has 1 aliphatic rings. The molecule has 1 fully saturated rings. The molecule has 40 heavy (non-hydrogen) atoms. The van der Waals surface area contributed by atoms with Crippen molar-refractivity contribution in [3.63, 3.8) is 0 Å². The summed E-state index contributed by atoms with van der Waals surface area (Å²) in [5.74, 6) is -0.649. The van der Waals surface area contributed by atoms with E-state index >= 15 is 0 Å². The van der Waals surface area contributed by atoms with Crippen molar-refractivity contribution in [3.05, 3.63) is 58.3 Å². The van der Waals surface area contributed by atoms with Crippen molar-refractivity contribution < 1.29 is 23.5 Å². The minimum Gasteiger partial charge on any atom is -0.481 e. The second kappa shape index (κ2) is 10.9. The Hall–Kier alpha value is -3.99. The lowest BCUT2D eigenvalue weighted by molar-refractivity contribution is -0.133. The maximum absolute atomic E-state index is 14.9. The van der Waals surface area contributed by atoms with Crippen molar-refractivity contribution in [2.75, 3.05) is 30.8 Å². The highest BCUT2D eigenvalue weighted by molar-refractivity contribution is 7.16. The smallest absolute Gasteiger partial charge is 0.324 e. The summed E-state index contributed by atoms with van der Waals surface area (Å²) in [6.45, 7) is 11.8. The second-order valence-electron chi connectivity index (χ2n) is 11.2. The van der Waals surface area contributed by atoms with Crippen molar-refractivity contribution in [2.45, 2.75) is 52.5 Å². The van der Waals surface area contributed by atoms with E-state index in [4.69, 9.17) is 4.74 Å². The first-order valence-corrected chi connectivity index (χ1v) is 13.7. The molecule has 3 N–H and O–H groups in total. The number of amides is 4. The number of hydrogen-bond donors (Lipinski definition) is 3. The quantitative estimate of drug-likeness (QED) is 0.374. The zero-order valence-electron chi connectivity index (χ0n) is 23.7. The van der Waals surface area contributed by atoms with E-state index in [2.05, 4.69) is 20.9 Å². The molecule has 212 valence electrons. The number of carbonyl (C=O) groups excluding carboxylic acids is 3. The van der Waals surface area contributed by atoms with E-state index in [1.165, 1.54) is 29.4 Å². The number of ether oxygens (including phenoxy) is 1. The van der Waals surface area contributed by atoms with Crippen LogP contribution in [0.4, 0.5) is 19.9 Å². The number of nitrogens with zero attached hydrogens (tertiary/aromatic N) is 2. The maximum atomic E-state index is 14.9. The number of carbonyl (C=O) groups is 3. The van der Waals surface area contributed by atoms with Gasteiger partial charge in [0.15, 0.2) is 0 Å². The number of benzene rings is 1. The predicted molar refractivity (Wildman–Crippen MR) is 155 cm³/mol. The van der Waals surface area contributed by atoms with Crippen LogP contribution in [-0.2, 0) is 10.2 Å². The summed E-state index contributed by atoms with van der Waals surface area (Å²) in [6, 6.07) is 7.48. The molecule has 0 radical (unpaired) electrons. The fourth-order valence-corrected chi connectivity index (χ4v) is 5.49. The van der Waals surface area contributed by atoms with Crippen LogP contribution in [0.2, 0.25) is 0 Å². The highest BCUT2D eigenvalue weighted by atomic mass is 32.1. The van der Waals surface area contributed by atoms with E-state index in [9.17, 15) is 18.8 Å². The molecular formula is C29H34FN5O4S. The number of nitrogens with one attached hydrogen (secondary N) is 3. The standard InChI is InChI=1S/C29H34FN5O4S/c1-16-19(17-8-9-23(39-7)32-15-17)12-18(13-21(16)30)33-27(38)34-24-20(14-22(40-24)28(2,3)4)25(36)35-11-10-31-26(37)29(35,5)6/h8-9,12-15H,10-11H2,1-7H3,(H,31,37)(H2,33,34,38). The van der Waals surface area contributed by atoms with Crippen molar-refractivity contribution in [3.8, 4) is 17.0 Å². The average Bonchev–Trinajstić information content (AvgIpc) is 3.31. The van der Waals surface area contributed by atoms with E-state index in [1.54, 1.807) is 51.2 Å². The Kier molecular flexibility index (Phi) is 7.89. The summed E-state index contributed by atoms with van der Waals surface area (Å²) < 4.78 is 20.0. The fraction of sp³-hybridized carbons (Fsp3) is 0.379. The summed E-state index contributed by atoms with van der Waals surface area (Å²) >= 11 is 1.29. The number of anilines is 2. The summed E-state index contributed by atoms with van der Waals surface area (Å²) in [5, 5.41) is 8.62. The van der Waals surface area contributed by atoms with Crippen LogP contribution >= 0.6 is 11.3 Å². The van der Waals surface area contributed by atoms with Gasteiger partial charge in [0.05, 0.1) is 12.7 Å². The highest BCUT2D eigenvalue weighted by Gasteiger charge is 2.42. The molecule has 9 nitrogen and oxygen atoms in total. The molecule has 4 amide bonds. The fourth-order valence-electron chi connectivity index (χ4n) is 4.39. The van der Waals surface area contributed by atoms with Gasteiger partial charge >= 0.3 is 6.03 Å². The number of rotatable bonds is 5. The largest absolute Gasteiger partial charge is 0.481 e. The van der Waals surface area contributed by atoms with Crippen molar-refractivity contribution in [2.24, 2.45) is 0 Å². The van der Waals surface area contributed by atoms with Gasteiger partial charge in [-0.2, -0.15) is 0 Å². The van der Waals surface area contributed by atoms with Crippen LogP contribution in [0.25, 0.3) is 11.1 Å². The SMILES string of the molecule is COc1ccc(-c2cc(NC(=O)Nc3sc(C(C)(C)C)cc3C(=O)N3CCNC(=O)C3(C)C)cc(F)c2C)cn1. The number of urea groups is 1. The second-order valence-corrected chi connectivity index (χ2v) is 12.2. The summed E-state index contributed by atoms with van der Waals surface area (Å²) in [5.41, 5.74) is 0.839. The zero-order valence-corrected chi connectivity index (χ0v) is 24.5. The summed E-state index contributed by atoms with van der Waals surface area (Å²) in [6.07, 6.45) is 1.57. The molecule has 0 aliphatic carbocycles. The zero-order chi connectivity index (χ0) is 29.4. The monoisotopic (exact) mass is 567 g/mol. The number of halogens is 1. The molecule has 1 aromatic carbocycles. The van der Waals surface area contributed by atoms with Gasteiger partial charge in [-0.1, -0.05) is 20.8 Å². The summed E-state index contributed by atoms with van der Waals surface area (Å²) in [4.78, 5) is 45.9. The number of thiophene rings is 1. The predicted octanol–water partition coefficient (Wildman–Crippen LogP) is 5.56. The molecule has 3 aromatic rings.